The minimum Gasteiger partial charge on any atom is -0.335 e. The first-order chi connectivity index (χ1) is 14.0. The fourth-order valence-corrected chi connectivity index (χ4v) is 3.60. The topological polar surface area (TPSA) is 70.1 Å². The first kappa shape index (κ1) is 19.3. The highest BCUT2D eigenvalue weighted by atomic mass is 19.1. The molecule has 1 aliphatic heterocycles. The van der Waals surface area contributed by atoms with Gasteiger partial charge < -0.3 is 4.90 Å². The summed E-state index contributed by atoms with van der Waals surface area (Å²) >= 11 is 0. The molecule has 0 aliphatic carbocycles. The standard InChI is InChI=1S/C21H25FN6O/c1-3-28-14-17(15(2)25-28)13-26-8-10-27(11-9-26)21(29)20-12-19(23-24-20)16-4-6-18(22)7-5-16/h4-7,12,14H,3,8-11,13H2,1-2H3,(H,23,24). The molecule has 1 aliphatic rings. The average molecular weight is 396 g/mol. The molecule has 2 aromatic heterocycles. The van der Waals surface area contributed by atoms with E-state index in [1.54, 1.807) is 18.2 Å². The van der Waals surface area contributed by atoms with E-state index in [4.69, 9.17) is 0 Å². The first-order valence-corrected chi connectivity index (χ1v) is 9.89. The Balaban J connectivity index is 1.35. The molecule has 0 radical (unpaired) electrons. The van der Waals surface area contributed by atoms with Gasteiger partial charge in [0.05, 0.1) is 11.4 Å². The summed E-state index contributed by atoms with van der Waals surface area (Å²) in [7, 11) is 0. The number of halogens is 1. The summed E-state index contributed by atoms with van der Waals surface area (Å²) in [5.41, 5.74) is 4.17. The Morgan fingerprint density at radius 2 is 1.90 bits per heavy atom. The molecule has 1 amide bonds. The Morgan fingerprint density at radius 1 is 1.17 bits per heavy atom. The molecule has 0 saturated carbocycles. The molecule has 4 rings (SSSR count). The molecular weight excluding hydrogens is 371 g/mol. The van der Waals surface area contributed by atoms with Crippen LogP contribution in [0.2, 0.25) is 0 Å². The summed E-state index contributed by atoms with van der Waals surface area (Å²) in [5.74, 6) is -0.351. The number of hydrogen-bond donors (Lipinski definition) is 1. The van der Waals surface area contributed by atoms with E-state index in [0.29, 0.717) is 24.5 Å². The summed E-state index contributed by atoms with van der Waals surface area (Å²) in [6, 6.07) is 7.81. The minimum absolute atomic E-state index is 0.0551. The predicted molar refractivity (Wildman–Crippen MR) is 108 cm³/mol. The number of piperazine rings is 1. The Hall–Kier alpha value is -3.00. The van der Waals surface area contributed by atoms with Crippen LogP contribution < -0.4 is 0 Å². The molecule has 1 N–H and O–H groups in total. The molecule has 7 nitrogen and oxygen atoms in total. The van der Waals surface area contributed by atoms with Gasteiger partial charge in [-0.1, -0.05) is 0 Å². The Labute approximate surface area is 169 Å². The molecule has 29 heavy (non-hydrogen) atoms. The third-order valence-corrected chi connectivity index (χ3v) is 5.37. The van der Waals surface area contributed by atoms with Gasteiger partial charge in [-0.2, -0.15) is 10.2 Å². The van der Waals surface area contributed by atoms with E-state index < -0.39 is 0 Å². The van der Waals surface area contributed by atoms with Crippen LogP contribution in [0.1, 0.15) is 28.7 Å². The molecule has 152 valence electrons. The summed E-state index contributed by atoms with van der Waals surface area (Å²) in [4.78, 5) is 17.0. The van der Waals surface area contributed by atoms with Gasteiger partial charge in [0.25, 0.3) is 5.91 Å². The van der Waals surface area contributed by atoms with E-state index in [0.717, 1.165) is 37.4 Å². The number of amides is 1. The molecule has 1 saturated heterocycles. The zero-order valence-electron chi connectivity index (χ0n) is 16.7. The fraction of sp³-hybridized carbons (Fsp3) is 0.381. The third kappa shape index (κ3) is 4.22. The number of aryl methyl sites for hydroxylation is 2. The van der Waals surface area contributed by atoms with Crippen LogP contribution in [-0.4, -0.2) is 61.9 Å². The molecule has 0 atom stereocenters. The van der Waals surface area contributed by atoms with Crippen LogP contribution >= 0.6 is 0 Å². The van der Waals surface area contributed by atoms with E-state index in [1.165, 1.54) is 17.7 Å². The molecule has 0 bridgehead atoms. The van der Waals surface area contributed by atoms with Gasteiger partial charge >= 0.3 is 0 Å². The highest BCUT2D eigenvalue weighted by Crippen LogP contribution is 2.19. The SMILES string of the molecule is CCn1cc(CN2CCN(C(=O)c3cc(-c4ccc(F)cc4)n[nH]3)CC2)c(C)n1. The molecular formula is C21H25FN6O. The zero-order valence-corrected chi connectivity index (χ0v) is 16.7. The van der Waals surface area contributed by atoms with Crippen molar-refractivity contribution in [2.75, 3.05) is 26.2 Å². The molecule has 1 aromatic carbocycles. The number of aromatic nitrogens is 4. The molecule has 1 fully saturated rings. The quantitative estimate of drug-likeness (QED) is 0.720. The first-order valence-electron chi connectivity index (χ1n) is 9.89. The highest BCUT2D eigenvalue weighted by Gasteiger charge is 2.24. The van der Waals surface area contributed by atoms with E-state index in [9.17, 15) is 9.18 Å². The molecule has 3 heterocycles. The van der Waals surface area contributed by atoms with Gasteiger partial charge in [-0.05, 0) is 44.2 Å². The van der Waals surface area contributed by atoms with Crippen molar-refractivity contribution in [3.8, 4) is 11.3 Å². The maximum Gasteiger partial charge on any atom is 0.271 e. The van der Waals surface area contributed by atoms with Crippen LogP contribution in [0, 0.1) is 12.7 Å². The van der Waals surface area contributed by atoms with Crippen LogP contribution in [0.4, 0.5) is 4.39 Å². The van der Waals surface area contributed by atoms with Crippen LogP contribution in [0.3, 0.4) is 0 Å². The van der Waals surface area contributed by atoms with Crippen molar-refractivity contribution in [1.29, 1.82) is 0 Å². The average Bonchev–Trinajstić information content (AvgIpc) is 3.36. The van der Waals surface area contributed by atoms with E-state index >= 15 is 0 Å². The lowest BCUT2D eigenvalue weighted by atomic mass is 10.1. The van der Waals surface area contributed by atoms with Crippen molar-refractivity contribution in [1.82, 2.24) is 29.8 Å². The van der Waals surface area contributed by atoms with Crippen molar-refractivity contribution >= 4 is 5.91 Å². The van der Waals surface area contributed by atoms with Crippen molar-refractivity contribution in [2.45, 2.75) is 26.9 Å². The van der Waals surface area contributed by atoms with Crippen molar-refractivity contribution in [3.63, 3.8) is 0 Å². The monoisotopic (exact) mass is 396 g/mol. The van der Waals surface area contributed by atoms with Gasteiger partial charge in [0.15, 0.2) is 0 Å². The normalized spacial score (nSPS) is 15.1. The number of nitrogens with one attached hydrogen (secondary N) is 1. The Morgan fingerprint density at radius 3 is 2.55 bits per heavy atom. The van der Waals surface area contributed by atoms with Crippen LogP contribution in [-0.2, 0) is 13.1 Å². The third-order valence-electron chi connectivity index (χ3n) is 5.37. The van der Waals surface area contributed by atoms with Crippen molar-refractivity contribution in [2.24, 2.45) is 0 Å². The van der Waals surface area contributed by atoms with Gasteiger partial charge in [0.2, 0.25) is 0 Å². The highest BCUT2D eigenvalue weighted by molar-refractivity contribution is 5.93. The number of carbonyl (C=O) groups is 1. The number of H-pyrrole nitrogens is 1. The van der Waals surface area contributed by atoms with Crippen LogP contribution in [0.15, 0.2) is 36.5 Å². The molecule has 8 heteroatoms. The smallest absolute Gasteiger partial charge is 0.271 e. The van der Waals surface area contributed by atoms with Gasteiger partial charge in [-0.3, -0.25) is 19.5 Å². The largest absolute Gasteiger partial charge is 0.335 e. The van der Waals surface area contributed by atoms with Crippen LogP contribution in [0.5, 0.6) is 0 Å². The lowest BCUT2D eigenvalue weighted by molar-refractivity contribution is 0.0622. The number of nitrogens with zero attached hydrogens (tertiary/aromatic N) is 5. The number of benzene rings is 1. The number of hydrogen-bond acceptors (Lipinski definition) is 4. The maximum absolute atomic E-state index is 13.1. The van der Waals surface area contributed by atoms with Gasteiger partial charge in [-0.25, -0.2) is 4.39 Å². The summed E-state index contributed by atoms with van der Waals surface area (Å²) in [5, 5.41) is 11.5. The second-order valence-electron chi connectivity index (χ2n) is 7.34. The number of aromatic amines is 1. The Bertz CT molecular complexity index is 985. The minimum atomic E-state index is -0.296. The van der Waals surface area contributed by atoms with Gasteiger partial charge in [0.1, 0.15) is 11.5 Å². The lowest BCUT2D eigenvalue weighted by Gasteiger charge is -2.34. The fourth-order valence-electron chi connectivity index (χ4n) is 3.60. The predicted octanol–water partition coefficient (Wildman–Crippen LogP) is 2.70. The van der Waals surface area contributed by atoms with E-state index in [1.807, 2.05) is 16.5 Å². The summed E-state index contributed by atoms with van der Waals surface area (Å²) < 4.78 is 15.1. The van der Waals surface area contributed by atoms with E-state index in [2.05, 4.69) is 33.3 Å². The van der Waals surface area contributed by atoms with E-state index in [-0.39, 0.29) is 11.7 Å². The summed E-state index contributed by atoms with van der Waals surface area (Å²) in [6.45, 7) is 8.83. The second kappa shape index (κ2) is 8.16. The molecule has 0 unspecified atom stereocenters. The Kier molecular flexibility index (Phi) is 5.44. The summed E-state index contributed by atoms with van der Waals surface area (Å²) in [6.07, 6.45) is 2.11. The number of rotatable bonds is 5. The molecule has 3 aromatic rings. The van der Waals surface area contributed by atoms with Crippen LogP contribution in [0.25, 0.3) is 11.3 Å². The van der Waals surface area contributed by atoms with Gasteiger partial charge in [0, 0.05) is 56.6 Å². The van der Waals surface area contributed by atoms with Crippen molar-refractivity contribution in [3.05, 3.63) is 59.3 Å². The maximum atomic E-state index is 13.1. The number of carbonyl (C=O) groups excluding carboxylic acids is 1. The lowest BCUT2D eigenvalue weighted by Crippen LogP contribution is -2.48. The molecule has 0 spiro atoms. The van der Waals surface area contributed by atoms with Gasteiger partial charge in [-0.15, -0.1) is 0 Å². The second-order valence-corrected chi connectivity index (χ2v) is 7.34. The van der Waals surface area contributed by atoms with Crippen molar-refractivity contribution < 1.29 is 9.18 Å². The zero-order chi connectivity index (χ0) is 20.4.